The first-order valence-electron chi connectivity index (χ1n) is 5.67. The average molecular weight is 232 g/mol. The smallest absolute Gasteiger partial charge is 0.251 e. The molecule has 1 aliphatic rings. The van der Waals surface area contributed by atoms with Gasteiger partial charge in [-0.05, 0) is 43.5 Å². The monoisotopic (exact) mass is 232 g/mol. The van der Waals surface area contributed by atoms with Gasteiger partial charge in [0.25, 0.3) is 5.91 Å². The zero-order valence-electron chi connectivity index (χ0n) is 9.32. The third kappa shape index (κ3) is 2.62. The predicted octanol–water partition coefficient (Wildman–Crippen LogP) is 2.25. The van der Waals surface area contributed by atoms with Crippen LogP contribution in [0, 0.1) is 23.1 Å². The topological polar surface area (TPSA) is 52.9 Å². The summed E-state index contributed by atoms with van der Waals surface area (Å²) in [5.41, 5.74) is 0.426. The maximum atomic E-state index is 12.7. The number of hydrogen-bond donors (Lipinski definition) is 1. The summed E-state index contributed by atoms with van der Waals surface area (Å²) in [5, 5.41) is 11.7. The predicted molar refractivity (Wildman–Crippen MR) is 60.6 cm³/mol. The van der Waals surface area contributed by atoms with Crippen LogP contribution in [0.25, 0.3) is 0 Å². The molecular formula is C13H13FN2O. The lowest BCUT2D eigenvalue weighted by molar-refractivity contribution is 0.0933. The number of rotatable bonds is 2. The van der Waals surface area contributed by atoms with E-state index in [0.717, 1.165) is 19.3 Å². The maximum Gasteiger partial charge on any atom is 0.251 e. The lowest BCUT2D eigenvalue weighted by atomic mass is 10.1. The Balaban J connectivity index is 2.02. The number of nitriles is 1. The number of halogens is 1. The van der Waals surface area contributed by atoms with Crippen molar-refractivity contribution in [3.63, 3.8) is 0 Å². The fraction of sp³-hybridized carbons (Fsp3) is 0.385. The van der Waals surface area contributed by atoms with Crippen LogP contribution in [0.3, 0.4) is 0 Å². The van der Waals surface area contributed by atoms with Crippen LogP contribution in [0.1, 0.15) is 29.6 Å². The number of amides is 1. The summed E-state index contributed by atoms with van der Waals surface area (Å²) in [6, 6.07) is 7.53. The summed E-state index contributed by atoms with van der Waals surface area (Å²) < 4.78 is 12.7. The zero-order valence-corrected chi connectivity index (χ0v) is 9.32. The minimum atomic E-state index is -0.364. The van der Waals surface area contributed by atoms with Gasteiger partial charge in [-0.25, -0.2) is 4.39 Å². The van der Waals surface area contributed by atoms with Crippen molar-refractivity contribution in [1.29, 1.82) is 5.26 Å². The molecule has 0 spiro atoms. The van der Waals surface area contributed by atoms with Gasteiger partial charge in [-0.2, -0.15) is 5.26 Å². The first-order chi connectivity index (χ1) is 8.20. The Hall–Kier alpha value is -1.89. The van der Waals surface area contributed by atoms with Gasteiger partial charge in [0, 0.05) is 11.6 Å². The summed E-state index contributed by atoms with van der Waals surface area (Å²) >= 11 is 0. The quantitative estimate of drug-likeness (QED) is 0.850. The van der Waals surface area contributed by atoms with E-state index in [2.05, 4.69) is 11.4 Å². The Morgan fingerprint density at radius 1 is 1.35 bits per heavy atom. The van der Waals surface area contributed by atoms with Crippen LogP contribution in [0.5, 0.6) is 0 Å². The van der Waals surface area contributed by atoms with Gasteiger partial charge >= 0.3 is 0 Å². The summed E-state index contributed by atoms with van der Waals surface area (Å²) in [4.78, 5) is 11.8. The molecule has 0 aromatic heterocycles. The normalized spacial score (nSPS) is 23.1. The third-order valence-corrected chi connectivity index (χ3v) is 3.10. The maximum absolute atomic E-state index is 12.7. The molecule has 2 atom stereocenters. The summed E-state index contributed by atoms with van der Waals surface area (Å²) in [6.45, 7) is 0. The van der Waals surface area contributed by atoms with E-state index < -0.39 is 0 Å². The Bertz CT molecular complexity index is 449. The van der Waals surface area contributed by atoms with Crippen molar-refractivity contribution >= 4 is 5.91 Å². The molecule has 1 saturated carbocycles. The lowest BCUT2D eigenvalue weighted by Crippen LogP contribution is -2.36. The van der Waals surface area contributed by atoms with Crippen LogP contribution in [0.2, 0.25) is 0 Å². The summed E-state index contributed by atoms with van der Waals surface area (Å²) in [7, 11) is 0. The van der Waals surface area contributed by atoms with Crippen molar-refractivity contribution in [2.24, 2.45) is 5.92 Å². The Morgan fingerprint density at radius 2 is 2.06 bits per heavy atom. The molecule has 0 aliphatic heterocycles. The molecule has 2 rings (SSSR count). The molecule has 1 N–H and O–H groups in total. The Morgan fingerprint density at radius 3 is 2.71 bits per heavy atom. The van der Waals surface area contributed by atoms with Crippen molar-refractivity contribution in [3.8, 4) is 6.07 Å². The molecule has 0 saturated heterocycles. The highest BCUT2D eigenvalue weighted by Gasteiger charge is 2.28. The molecule has 1 aliphatic carbocycles. The van der Waals surface area contributed by atoms with Gasteiger partial charge in [0.1, 0.15) is 5.82 Å². The number of carbonyl (C=O) groups is 1. The van der Waals surface area contributed by atoms with Crippen molar-refractivity contribution in [2.45, 2.75) is 25.3 Å². The fourth-order valence-electron chi connectivity index (χ4n) is 2.14. The van der Waals surface area contributed by atoms with E-state index >= 15 is 0 Å². The van der Waals surface area contributed by atoms with Gasteiger partial charge in [0.2, 0.25) is 0 Å². The van der Waals surface area contributed by atoms with Crippen LogP contribution in [-0.4, -0.2) is 11.9 Å². The van der Waals surface area contributed by atoms with E-state index in [-0.39, 0.29) is 23.7 Å². The van der Waals surface area contributed by atoms with E-state index in [9.17, 15) is 9.18 Å². The molecule has 2 unspecified atom stereocenters. The fourth-order valence-corrected chi connectivity index (χ4v) is 2.14. The van der Waals surface area contributed by atoms with Gasteiger partial charge < -0.3 is 5.32 Å². The van der Waals surface area contributed by atoms with Crippen LogP contribution >= 0.6 is 0 Å². The number of nitrogens with zero attached hydrogens (tertiary/aromatic N) is 1. The van der Waals surface area contributed by atoms with Crippen molar-refractivity contribution < 1.29 is 9.18 Å². The molecule has 1 fully saturated rings. The Kier molecular flexibility index (Phi) is 3.38. The van der Waals surface area contributed by atoms with E-state index in [1.807, 2.05) is 0 Å². The van der Waals surface area contributed by atoms with Crippen LogP contribution in [0.4, 0.5) is 4.39 Å². The molecule has 3 nitrogen and oxygen atoms in total. The van der Waals surface area contributed by atoms with Gasteiger partial charge in [-0.3, -0.25) is 4.79 Å². The molecule has 17 heavy (non-hydrogen) atoms. The first kappa shape index (κ1) is 11.6. The number of nitrogens with one attached hydrogen (secondary N) is 1. The molecule has 0 bridgehead atoms. The lowest BCUT2D eigenvalue weighted by Gasteiger charge is -2.15. The van der Waals surface area contributed by atoms with Gasteiger partial charge in [-0.1, -0.05) is 0 Å². The van der Waals surface area contributed by atoms with E-state index in [0.29, 0.717) is 5.56 Å². The minimum absolute atomic E-state index is 0.0717. The highest BCUT2D eigenvalue weighted by Crippen LogP contribution is 2.25. The van der Waals surface area contributed by atoms with E-state index in [1.54, 1.807) is 0 Å². The van der Waals surface area contributed by atoms with Gasteiger partial charge in [-0.15, -0.1) is 0 Å². The molecular weight excluding hydrogens is 219 g/mol. The SMILES string of the molecule is N#CC1CCCC1NC(=O)c1ccc(F)cc1. The van der Waals surface area contributed by atoms with Crippen molar-refractivity contribution in [3.05, 3.63) is 35.6 Å². The summed E-state index contributed by atoms with van der Waals surface area (Å²) in [6.07, 6.45) is 2.64. The van der Waals surface area contributed by atoms with Gasteiger partial charge in [0.15, 0.2) is 0 Å². The minimum Gasteiger partial charge on any atom is -0.348 e. The van der Waals surface area contributed by atoms with E-state index in [4.69, 9.17) is 5.26 Å². The van der Waals surface area contributed by atoms with E-state index in [1.165, 1.54) is 24.3 Å². The molecule has 88 valence electrons. The van der Waals surface area contributed by atoms with Crippen molar-refractivity contribution in [1.82, 2.24) is 5.32 Å². The highest BCUT2D eigenvalue weighted by atomic mass is 19.1. The second kappa shape index (κ2) is 4.96. The number of carbonyl (C=O) groups excluding carboxylic acids is 1. The van der Waals surface area contributed by atoms with Gasteiger partial charge in [0.05, 0.1) is 12.0 Å². The third-order valence-electron chi connectivity index (χ3n) is 3.10. The number of hydrogen-bond acceptors (Lipinski definition) is 2. The number of benzene rings is 1. The highest BCUT2D eigenvalue weighted by molar-refractivity contribution is 5.94. The van der Waals surface area contributed by atoms with Crippen LogP contribution in [-0.2, 0) is 0 Å². The summed E-state index contributed by atoms with van der Waals surface area (Å²) in [5.74, 6) is -0.700. The second-order valence-electron chi connectivity index (χ2n) is 4.25. The van der Waals surface area contributed by atoms with Crippen molar-refractivity contribution in [2.75, 3.05) is 0 Å². The van der Waals surface area contributed by atoms with Crippen LogP contribution in [0.15, 0.2) is 24.3 Å². The van der Waals surface area contributed by atoms with Crippen LogP contribution < -0.4 is 5.32 Å². The standard InChI is InChI=1S/C13H13FN2O/c14-11-6-4-9(5-7-11)13(17)16-12-3-1-2-10(12)8-15/h4-7,10,12H,1-3H2,(H,16,17). The second-order valence-corrected chi connectivity index (χ2v) is 4.25. The molecule has 1 amide bonds. The Labute approximate surface area is 99.2 Å². The molecule has 0 heterocycles. The average Bonchev–Trinajstić information content (AvgIpc) is 2.77. The largest absolute Gasteiger partial charge is 0.348 e. The zero-order chi connectivity index (χ0) is 12.3. The molecule has 4 heteroatoms. The molecule has 0 radical (unpaired) electrons. The first-order valence-corrected chi connectivity index (χ1v) is 5.67. The molecule has 1 aromatic carbocycles. The molecule has 1 aromatic rings.